The molecule has 1 unspecified atom stereocenters. The van der Waals surface area contributed by atoms with Crippen molar-refractivity contribution in [2.75, 3.05) is 13.7 Å². The molecule has 2 aromatic carbocycles. The van der Waals surface area contributed by atoms with Gasteiger partial charge in [-0.2, -0.15) is 0 Å². The first kappa shape index (κ1) is 15.7. The van der Waals surface area contributed by atoms with Crippen molar-refractivity contribution in [3.05, 3.63) is 58.6 Å². The van der Waals surface area contributed by atoms with Crippen molar-refractivity contribution in [3.63, 3.8) is 0 Å². The number of ether oxygens (including phenoxy) is 2. The first-order valence-corrected chi connectivity index (χ1v) is 7.26. The van der Waals surface area contributed by atoms with Crippen molar-refractivity contribution in [1.82, 2.24) is 0 Å². The molecular weight excluding hydrogens is 286 g/mol. The summed E-state index contributed by atoms with van der Waals surface area (Å²) in [5.41, 5.74) is 8.35. The van der Waals surface area contributed by atoms with Gasteiger partial charge in [0.15, 0.2) is 0 Å². The van der Waals surface area contributed by atoms with Gasteiger partial charge in [-0.1, -0.05) is 29.8 Å². The lowest BCUT2D eigenvalue weighted by atomic mass is 10.0. The third-order valence-corrected chi connectivity index (χ3v) is 3.60. The number of nitrogens with two attached hydrogens (primary N) is 1. The second kappa shape index (κ2) is 7.34. The minimum absolute atomic E-state index is 0.110. The molecule has 0 aliphatic carbocycles. The van der Waals surface area contributed by atoms with Gasteiger partial charge < -0.3 is 15.2 Å². The summed E-state index contributed by atoms with van der Waals surface area (Å²) in [5.74, 6) is 1.51. The van der Waals surface area contributed by atoms with Gasteiger partial charge in [-0.05, 0) is 42.3 Å². The molecule has 0 bridgehead atoms. The predicted octanol–water partition coefficient (Wildman–Crippen LogP) is 4.13. The molecular formula is C17H20ClNO2. The van der Waals surface area contributed by atoms with Crippen LogP contribution in [0.5, 0.6) is 11.5 Å². The van der Waals surface area contributed by atoms with Crippen LogP contribution in [-0.4, -0.2) is 13.7 Å². The third-order valence-electron chi connectivity index (χ3n) is 3.29. The minimum atomic E-state index is -0.110. The van der Waals surface area contributed by atoms with Gasteiger partial charge in [-0.3, -0.25) is 0 Å². The maximum absolute atomic E-state index is 6.18. The number of hydrogen-bond acceptors (Lipinski definition) is 3. The normalized spacial score (nSPS) is 12.0. The van der Waals surface area contributed by atoms with Crippen LogP contribution in [0, 0.1) is 6.92 Å². The summed E-state index contributed by atoms with van der Waals surface area (Å²) < 4.78 is 10.9. The molecule has 0 fully saturated rings. The maximum atomic E-state index is 6.18. The Morgan fingerprint density at radius 1 is 1.19 bits per heavy atom. The molecule has 1 atom stereocenters. The van der Waals surface area contributed by atoms with Crippen LogP contribution < -0.4 is 15.2 Å². The molecule has 0 aromatic heterocycles. The van der Waals surface area contributed by atoms with Crippen LogP contribution in [0.25, 0.3) is 0 Å². The summed E-state index contributed by atoms with van der Waals surface area (Å²) in [4.78, 5) is 0. The summed E-state index contributed by atoms with van der Waals surface area (Å²) in [7, 11) is 1.59. The molecule has 0 spiro atoms. The van der Waals surface area contributed by atoms with Gasteiger partial charge in [0.1, 0.15) is 11.5 Å². The first-order valence-electron chi connectivity index (χ1n) is 6.88. The van der Waals surface area contributed by atoms with Gasteiger partial charge in [0.25, 0.3) is 0 Å². The summed E-state index contributed by atoms with van der Waals surface area (Å²) in [6.07, 6.45) is 0.721. The van der Waals surface area contributed by atoms with Gasteiger partial charge in [0, 0.05) is 12.5 Å². The summed E-state index contributed by atoms with van der Waals surface area (Å²) in [6.45, 7) is 2.61. The Balaban J connectivity index is 1.91. The Labute approximate surface area is 130 Å². The molecule has 21 heavy (non-hydrogen) atoms. The van der Waals surface area contributed by atoms with Crippen LogP contribution in [-0.2, 0) is 0 Å². The molecule has 0 radical (unpaired) electrons. The molecule has 0 heterocycles. The van der Waals surface area contributed by atoms with Gasteiger partial charge >= 0.3 is 0 Å². The van der Waals surface area contributed by atoms with Gasteiger partial charge in [0.05, 0.1) is 18.7 Å². The fraction of sp³-hybridized carbons (Fsp3) is 0.294. The van der Waals surface area contributed by atoms with Crippen LogP contribution in [0.4, 0.5) is 0 Å². The molecule has 4 heteroatoms. The molecule has 0 aliphatic rings. The fourth-order valence-electron chi connectivity index (χ4n) is 2.08. The highest BCUT2D eigenvalue weighted by Crippen LogP contribution is 2.28. The Hall–Kier alpha value is -1.71. The number of rotatable bonds is 6. The molecule has 0 saturated heterocycles. The molecule has 0 aliphatic heterocycles. The Morgan fingerprint density at radius 2 is 2.00 bits per heavy atom. The number of methoxy groups -OCH3 is 1. The standard InChI is InChI=1S/C17H20ClNO2/c1-12-4-3-5-14(10-12)21-9-8-16(19)13-6-7-15(18)17(11-13)20-2/h3-7,10-11,16H,8-9,19H2,1-2H3. The number of benzene rings is 2. The average molecular weight is 306 g/mol. The van der Waals surface area contributed by atoms with Crippen molar-refractivity contribution in [1.29, 1.82) is 0 Å². The second-order valence-electron chi connectivity index (χ2n) is 4.95. The smallest absolute Gasteiger partial charge is 0.137 e. The van der Waals surface area contributed by atoms with E-state index in [0.717, 1.165) is 17.7 Å². The van der Waals surface area contributed by atoms with E-state index in [1.54, 1.807) is 13.2 Å². The Bertz CT molecular complexity index is 601. The summed E-state index contributed by atoms with van der Waals surface area (Å²) in [5, 5.41) is 0.587. The lowest BCUT2D eigenvalue weighted by Gasteiger charge is -2.14. The van der Waals surface area contributed by atoms with E-state index in [0.29, 0.717) is 17.4 Å². The summed E-state index contributed by atoms with van der Waals surface area (Å²) >= 11 is 6.01. The van der Waals surface area contributed by atoms with E-state index in [9.17, 15) is 0 Å². The zero-order valence-corrected chi connectivity index (χ0v) is 13.1. The third kappa shape index (κ3) is 4.38. The second-order valence-corrected chi connectivity index (χ2v) is 5.36. The van der Waals surface area contributed by atoms with E-state index >= 15 is 0 Å². The van der Waals surface area contributed by atoms with E-state index in [2.05, 4.69) is 0 Å². The van der Waals surface area contributed by atoms with Crippen LogP contribution in [0.3, 0.4) is 0 Å². The lowest BCUT2D eigenvalue weighted by molar-refractivity contribution is 0.298. The Kier molecular flexibility index (Phi) is 5.48. The fourth-order valence-corrected chi connectivity index (χ4v) is 2.28. The van der Waals surface area contributed by atoms with Crippen LogP contribution >= 0.6 is 11.6 Å². The SMILES string of the molecule is COc1cc(C(N)CCOc2cccc(C)c2)ccc1Cl. The van der Waals surface area contributed by atoms with Crippen LogP contribution in [0.2, 0.25) is 5.02 Å². The molecule has 2 N–H and O–H groups in total. The molecule has 3 nitrogen and oxygen atoms in total. The highest BCUT2D eigenvalue weighted by Gasteiger charge is 2.09. The van der Waals surface area contributed by atoms with Crippen molar-refractivity contribution < 1.29 is 9.47 Å². The van der Waals surface area contributed by atoms with Crippen molar-refractivity contribution >= 4 is 11.6 Å². The zero-order valence-electron chi connectivity index (χ0n) is 12.3. The van der Waals surface area contributed by atoms with Crippen molar-refractivity contribution in [2.24, 2.45) is 5.73 Å². The topological polar surface area (TPSA) is 44.5 Å². The highest BCUT2D eigenvalue weighted by atomic mass is 35.5. The van der Waals surface area contributed by atoms with Crippen LogP contribution in [0.1, 0.15) is 23.6 Å². The number of hydrogen-bond donors (Lipinski definition) is 1. The largest absolute Gasteiger partial charge is 0.495 e. The maximum Gasteiger partial charge on any atom is 0.137 e. The van der Waals surface area contributed by atoms with E-state index in [4.69, 9.17) is 26.8 Å². The number of halogens is 1. The lowest BCUT2D eigenvalue weighted by Crippen LogP contribution is -2.14. The Morgan fingerprint density at radius 3 is 2.71 bits per heavy atom. The van der Waals surface area contributed by atoms with E-state index in [1.165, 1.54) is 5.56 Å². The first-order chi connectivity index (χ1) is 10.1. The molecule has 2 aromatic rings. The van der Waals surface area contributed by atoms with Gasteiger partial charge in [0.2, 0.25) is 0 Å². The van der Waals surface area contributed by atoms with Crippen LogP contribution in [0.15, 0.2) is 42.5 Å². The molecule has 0 saturated carbocycles. The number of aryl methyl sites for hydroxylation is 1. The van der Waals surface area contributed by atoms with E-state index in [-0.39, 0.29) is 6.04 Å². The van der Waals surface area contributed by atoms with Gasteiger partial charge in [-0.15, -0.1) is 0 Å². The summed E-state index contributed by atoms with van der Waals surface area (Å²) in [6, 6.07) is 13.5. The van der Waals surface area contributed by atoms with E-state index in [1.807, 2.05) is 43.3 Å². The molecule has 0 amide bonds. The zero-order chi connectivity index (χ0) is 15.2. The monoisotopic (exact) mass is 305 g/mol. The van der Waals surface area contributed by atoms with E-state index < -0.39 is 0 Å². The van der Waals surface area contributed by atoms with Gasteiger partial charge in [-0.25, -0.2) is 0 Å². The minimum Gasteiger partial charge on any atom is -0.495 e. The molecule has 2 rings (SSSR count). The quantitative estimate of drug-likeness (QED) is 0.873. The highest BCUT2D eigenvalue weighted by molar-refractivity contribution is 6.32. The predicted molar refractivity (Wildman–Crippen MR) is 86.2 cm³/mol. The van der Waals surface area contributed by atoms with Crippen molar-refractivity contribution in [2.45, 2.75) is 19.4 Å². The molecule has 112 valence electrons. The van der Waals surface area contributed by atoms with Crippen molar-refractivity contribution in [3.8, 4) is 11.5 Å². The average Bonchev–Trinajstić information content (AvgIpc) is 2.47.